The standard InChI is InChI=1S/C13H10Br3N5/c14-7-10-1-3-20(18-10)12-5-9(16)6-13(17-12)21-4-2-11(8-15)19-21/h1-6H,7-8H2. The van der Waals surface area contributed by atoms with E-state index in [0.29, 0.717) is 10.7 Å². The van der Waals surface area contributed by atoms with Crippen molar-refractivity contribution in [1.29, 1.82) is 0 Å². The molecule has 0 saturated carbocycles. The Labute approximate surface area is 146 Å². The van der Waals surface area contributed by atoms with E-state index in [1.807, 2.05) is 36.7 Å². The average Bonchev–Trinajstić information content (AvgIpc) is 3.15. The van der Waals surface area contributed by atoms with Gasteiger partial charge in [0.05, 0.1) is 11.4 Å². The van der Waals surface area contributed by atoms with E-state index in [4.69, 9.17) is 0 Å². The Bertz CT molecular complexity index is 704. The van der Waals surface area contributed by atoms with Gasteiger partial charge in [-0.1, -0.05) is 47.8 Å². The van der Waals surface area contributed by atoms with Crippen LogP contribution < -0.4 is 0 Å². The molecule has 0 amide bonds. The highest BCUT2D eigenvalue weighted by Crippen LogP contribution is 2.18. The lowest BCUT2D eigenvalue weighted by Gasteiger charge is -2.06. The van der Waals surface area contributed by atoms with E-state index < -0.39 is 0 Å². The Morgan fingerprint density at radius 1 is 0.857 bits per heavy atom. The molecule has 21 heavy (non-hydrogen) atoms. The van der Waals surface area contributed by atoms with E-state index in [1.165, 1.54) is 0 Å². The largest absolute Gasteiger partial charge is 0.222 e. The third-order valence-electron chi connectivity index (χ3n) is 2.79. The van der Waals surface area contributed by atoms with Crippen molar-refractivity contribution >= 4 is 47.8 Å². The highest BCUT2D eigenvalue weighted by Gasteiger charge is 2.08. The summed E-state index contributed by atoms with van der Waals surface area (Å²) in [7, 11) is 0. The summed E-state index contributed by atoms with van der Waals surface area (Å²) in [5, 5.41) is 10.3. The van der Waals surface area contributed by atoms with Crippen LogP contribution in [0.15, 0.2) is 41.1 Å². The number of nitrogens with zero attached hydrogens (tertiary/aromatic N) is 5. The fraction of sp³-hybridized carbons (Fsp3) is 0.154. The van der Waals surface area contributed by atoms with Crippen LogP contribution in [0.25, 0.3) is 11.6 Å². The van der Waals surface area contributed by atoms with Gasteiger partial charge in [0.15, 0.2) is 11.6 Å². The van der Waals surface area contributed by atoms with Gasteiger partial charge in [-0.3, -0.25) is 0 Å². The zero-order chi connectivity index (χ0) is 14.8. The first kappa shape index (κ1) is 14.9. The van der Waals surface area contributed by atoms with Gasteiger partial charge < -0.3 is 0 Å². The highest BCUT2D eigenvalue weighted by atomic mass is 79.9. The summed E-state index contributed by atoms with van der Waals surface area (Å²) in [6, 6.07) is 7.74. The summed E-state index contributed by atoms with van der Waals surface area (Å²) >= 11 is 10.3. The van der Waals surface area contributed by atoms with Crippen LogP contribution in [0.4, 0.5) is 0 Å². The molecule has 0 bridgehead atoms. The van der Waals surface area contributed by atoms with E-state index in [2.05, 4.69) is 63.0 Å². The maximum absolute atomic E-state index is 4.61. The highest BCUT2D eigenvalue weighted by molar-refractivity contribution is 9.10. The maximum atomic E-state index is 4.61. The number of aromatic nitrogens is 5. The second-order valence-electron chi connectivity index (χ2n) is 4.27. The monoisotopic (exact) mass is 473 g/mol. The van der Waals surface area contributed by atoms with Crippen molar-refractivity contribution < 1.29 is 0 Å². The van der Waals surface area contributed by atoms with Gasteiger partial charge in [0.2, 0.25) is 0 Å². The van der Waals surface area contributed by atoms with Crippen LogP contribution >= 0.6 is 47.8 Å². The number of hydrogen-bond donors (Lipinski definition) is 0. The third-order valence-corrected chi connectivity index (χ3v) is 4.40. The Morgan fingerprint density at radius 3 is 1.71 bits per heavy atom. The van der Waals surface area contributed by atoms with E-state index in [-0.39, 0.29) is 0 Å². The van der Waals surface area contributed by atoms with Gasteiger partial charge in [-0.2, -0.15) is 10.2 Å². The van der Waals surface area contributed by atoms with Gasteiger partial charge in [0.25, 0.3) is 0 Å². The van der Waals surface area contributed by atoms with Crippen LogP contribution in [-0.2, 0) is 10.7 Å². The summed E-state index contributed by atoms with van der Waals surface area (Å²) in [6.45, 7) is 0. The number of alkyl halides is 2. The number of hydrogen-bond acceptors (Lipinski definition) is 3. The molecule has 3 rings (SSSR count). The molecule has 0 aliphatic rings. The van der Waals surface area contributed by atoms with Crippen molar-refractivity contribution in [2.45, 2.75) is 10.7 Å². The summed E-state index contributed by atoms with van der Waals surface area (Å²) in [4.78, 5) is 4.61. The van der Waals surface area contributed by atoms with Gasteiger partial charge in [-0.25, -0.2) is 14.3 Å². The summed E-state index contributed by atoms with van der Waals surface area (Å²) in [5.41, 5.74) is 1.91. The lowest BCUT2D eigenvalue weighted by Crippen LogP contribution is -2.05. The van der Waals surface area contributed by atoms with Crippen LogP contribution in [-0.4, -0.2) is 24.5 Å². The molecule has 0 aliphatic carbocycles. The summed E-state index contributed by atoms with van der Waals surface area (Å²) in [5.74, 6) is 1.48. The van der Waals surface area contributed by atoms with Crippen LogP contribution in [0.3, 0.4) is 0 Å². The third kappa shape index (κ3) is 3.27. The molecule has 0 fully saturated rings. The van der Waals surface area contributed by atoms with Crippen LogP contribution in [0.1, 0.15) is 11.4 Å². The fourth-order valence-corrected chi connectivity index (χ4v) is 2.83. The Kier molecular flexibility index (Phi) is 4.56. The summed E-state index contributed by atoms with van der Waals surface area (Å²) in [6.07, 6.45) is 3.78. The second-order valence-corrected chi connectivity index (χ2v) is 6.31. The molecule has 0 aromatic carbocycles. The quantitative estimate of drug-likeness (QED) is 0.536. The van der Waals surface area contributed by atoms with Gasteiger partial charge in [0, 0.05) is 27.5 Å². The van der Waals surface area contributed by atoms with Crippen LogP contribution in [0, 0.1) is 0 Å². The predicted molar refractivity (Wildman–Crippen MR) is 91.4 cm³/mol. The van der Waals surface area contributed by atoms with Crippen LogP contribution in [0.5, 0.6) is 0 Å². The number of halogens is 3. The summed E-state index contributed by atoms with van der Waals surface area (Å²) < 4.78 is 4.42. The molecule has 0 spiro atoms. The molecular formula is C13H10Br3N5. The van der Waals surface area contributed by atoms with Gasteiger partial charge in [0.1, 0.15) is 0 Å². The molecule has 108 valence electrons. The number of rotatable bonds is 4. The lowest BCUT2D eigenvalue weighted by molar-refractivity contribution is 0.789. The predicted octanol–water partition coefficient (Wildman–Crippen LogP) is 4.01. The second kappa shape index (κ2) is 6.41. The zero-order valence-corrected chi connectivity index (χ0v) is 15.5. The molecule has 3 aromatic heterocycles. The molecule has 0 saturated heterocycles. The first-order chi connectivity index (χ1) is 10.2. The van der Waals surface area contributed by atoms with Crippen LogP contribution in [0.2, 0.25) is 0 Å². The molecular weight excluding hydrogens is 466 g/mol. The smallest absolute Gasteiger partial charge is 0.156 e. The Morgan fingerprint density at radius 2 is 1.33 bits per heavy atom. The molecule has 5 nitrogen and oxygen atoms in total. The van der Waals surface area contributed by atoms with E-state index >= 15 is 0 Å². The van der Waals surface area contributed by atoms with Crippen molar-refractivity contribution in [2.75, 3.05) is 0 Å². The first-order valence-electron chi connectivity index (χ1n) is 6.09. The molecule has 0 aliphatic heterocycles. The van der Waals surface area contributed by atoms with Gasteiger partial charge in [-0.15, -0.1) is 0 Å². The Hall–Kier alpha value is -0.990. The normalized spacial score (nSPS) is 11.0. The number of pyridine rings is 1. The molecule has 3 aromatic rings. The fourth-order valence-electron chi connectivity index (χ4n) is 1.83. The van der Waals surface area contributed by atoms with Crippen molar-refractivity contribution in [3.8, 4) is 11.6 Å². The Balaban J connectivity index is 2.03. The van der Waals surface area contributed by atoms with E-state index in [0.717, 1.165) is 27.5 Å². The molecule has 8 heteroatoms. The zero-order valence-electron chi connectivity index (χ0n) is 10.7. The van der Waals surface area contributed by atoms with Crippen molar-refractivity contribution in [2.24, 2.45) is 0 Å². The minimum atomic E-state index is 0.717. The molecule has 0 unspecified atom stereocenters. The first-order valence-corrected chi connectivity index (χ1v) is 9.12. The minimum absolute atomic E-state index is 0.717. The average molecular weight is 476 g/mol. The molecule has 0 N–H and O–H groups in total. The van der Waals surface area contributed by atoms with Crippen molar-refractivity contribution in [3.63, 3.8) is 0 Å². The lowest BCUT2D eigenvalue weighted by atomic mass is 10.4. The van der Waals surface area contributed by atoms with E-state index in [9.17, 15) is 0 Å². The van der Waals surface area contributed by atoms with Crippen molar-refractivity contribution in [3.05, 3.63) is 52.5 Å². The minimum Gasteiger partial charge on any atom is -0.222 e. The molecule has 3 heterocycles. The molecule has 0 atom stereocenters. The maximum Gasteiger partial charge on any atom is 0.156 e. The SMILES string of the molecule is BrCc1ccn(-c2cc(Br)cc(-n3ccc(CBr)n3)n2)n1. The topological polar surface area (TPSA) is 48.5 Å². The van der Waals surface area contributed by atoms with E-state index in [1.54, 1.807) is 9.36 Å². The van der Waals surface area contributed by atoms with Gasteiger partial charge >= 0.3 is 0 Å². The molecule has 0 radical (unpaired) electrons. The van der Waals surface area contributed by atoms with Gasteiger partial charge in [-0.05, 0) is 24.3 Å². The van der Waals surface area contributed by atoms with Crippen molar-refractivity contribution in [1.82, 2.24) is 24.5 Å².